The number of hydrogen-bond acceptors (Lipinski definition) is 2. The van der Waals surface area contributed by atoms with Gasteiger partial charge in [-0.15, -0.1) is 0 Å². The molecule has 1 aromatic rings. The van der Waals surface area contributed by atoms with Gasteiger partial charge in [0.05, 0.1) is 0 Å². The minimum atomic E-state index is 1.01. The van der Waals surface area contributed by atoms with E-state index in [2.05, 4.69) is 29.9 Å². The highest BCUT2D eigenvalue weighted by atomic mass is 15.1. The lowest BCUT2D eigenvalue weighted by atomic mass is 10.2. The Bertz CT molecular complexity index is 233. The van der Waals surface area contributed by atoms with Crippen LogP contribution in [0.2, 0.25) is 0 Å². The van der Waals surface area contributed by atoms with Crippen molar-refractivity contribution < 1.29 is 0 Å². The Morgan fingerprint density at radius 2 is 2.21 bits per heavy atom. The molecular formula is C12H20N2. The van der Waals surface area contributed by atoms with Crippen LogP contribution in [-0.2, 0) is 6.54 Å². The highest BCUT2D eigenvalue weighted by Gasteiger charge is 1.98. The van der Waals surface area contributed by atoms with Crippen molar-refractivity contribution in [1.82, 2.24) is 9.88 Å². The molecule has 0 N–H and O–H groups in total. The molecule has 0 aromatic carbocycles. The quantitative estimate of drug-likeness (QED) is 0.644. The van der Waals surface area contributed by atoms with Crippen LogP contribution in [0.25, 0.3) is 0 Å². The summed E-state index contributed by atoms with van der Waals surface area (Å²) in [5, 5.41) is 0. The summed E-state index contributed by atoms with van der Waals surface area (Å²) in [5.74, 6) is 0. The van der Waals surface area contributed by atoms with E-state index < -0.39 is 0 Å². The molecule has 1 aromatic heterocycles. The molecule has 0 saturated carbocycles. The van der Waals surface area contributed by atoms with E-state index in [1.54, 1.807) is 0 Å². The predicted molar refractivity (Wildman–Crippen MR) is 60.1 cm³/mol. The van der Waals surface area contributed by atoms with Crippen molar-refractivity contribution in [3.8, 4) is 0 Å². The molecular weight excluding hydrogens is 172 g/mol. The minimum absolute atomic E-state index is 1.01. The highest BCUT2D eigenvalue weighted by molar-refractivity contribution is 5.07. The molecule has 1 rings (SSSR count). The third kappa shape index (κ3) is 4.38. The first-order chi connectivity index (χ1) is 6.83. The molecule has 0 aliphatic heterocycles. The van der Waals surface area contributed by atoms with Crippen LogP contribution in [0.4, 0.5) is 0 Å². The molecule has 2 heteroatoms. The second-order valence-electron chi connectivity index (χ2n) is 3.81. The molecule has 2 nitrogen and oxygen atoms in total. The van der Waals surface area contributed by atoms with Crippen molar-refractivity contribution in [1.29, 1.82) is 0 Å². The van der Waals surface area contributed by atoms with Gasteiger partial charge in [0.25, 0.3) is 0 Å². The number of unbranched alkanes of at least 4 members (excludes halogenated alkanes) is 2. The first kappa shape index (κ1) is 11.2. The van der Waals surface area contributed by atoms with Crippen LogP contribution >= 0.6 is 0 Å². The monoisotopic (exact) mass is 192 g/mol. The van der Waals surface area contributed by atoms with Gasteiger partial charge in [0.15, 0.2) is 0 Å². The van der Waals surface area contributed by atoms with Gasteiger partial charge in [-0.25, -0.2) is 0 Å². The zero-order valence-electron chi connectivity index (χ0n) is 9.24. The van der Waals surface area contributed by atoms with Crippen LogP contribution in [0.3, 0.4) is 0 Å². The fourth-order valence-corrected chi connectivity index (χ4v) is 1.51. The molecule has 1 heterocycles. The van der Waals surface area contributed by atoms with Crippen LogP contribution in [0.1, 0.15) is 31.7 Å². The first-order valence-electron chi connectivity index (χ1n) is 5.40. The van der Waals surface area contributed by atoms with E-state index in [1.165, 1.54) is 31.4 Å². The molecule has 0 fully saturated rings. The van der Waals surface area contributed by atoms with E-state index in [9.17, 15) is 0 Å². The van der Waals surface area contributed by atoms with Gasteiger partial charge in [0, 0.05) is 18.9 Å². The summed E-state index contributed by atoms with van der Waals surface area (Å²) < 4.78 is 0. The number of pyridine rings is 1. The lowest BCUT2D eigenvalue weighted by Gasteiger charge is -2.15. The third-order valence-corrected chi connectivity index (χ3v) is 2.32. The number of hydrogen-bond donors (Lipinski definition) is 0. The Morgan fingerprint density at radius 3 is 2.86 bits per heavy atom. The summed E-state index contributed by atoms with van der Waals surface area (Å²) in [7, 11) is 2.17. The van der Waals surface area contributed by atoms with E-state index in [0.29, 0.717) is 0 Å². The largest absolute Gasteiger partial charge is 0.302 e. The van der Waals surface area contributed by atoms with Gasteiger partial charge in [-0.1, -0.05) is 25.8 Å². The lowest BCUT2D eigenvalue weighted by molar-refractivity contribution is 0.318. The summed E-state index contributed by atoms with van der Waals surface area (Å²) in [6.45, 7) is 4.43. The molecule has 0 aliphatic carbocycles. The molecule has 0 bridgehead atoms. The topological polar surface area (TPSA) is 16.1 Å². The van der Waals surface area contributed by atoms with Crippen LogP contribution in [0.5, 0.6) is 0 Å². The van der Waals surface area contributed by atoms with Gasteiger partial charge in [-0.3, -0.25) is 4.98 Å². The second kappa shape index (κ2) is 6.55. The summed E-state index contributed by atoms with van der Waals surface area (Å²) in [6, 6.07) is 4.12. The van der Waals surface area contributed by atoms with Gasteiger partial charge >= 0.3 is 0 Å². The van der Waals surface area contributed by atoms with Crippen molar-refractivity contribution in [2.45, 2.75) is 32.7 Å². The molecule has 0 unspecified atom stereocenters. The lowest BCUT2D eigenvalue weighted by Crippen LogP contribution is -2.19. The van der Waals surface area contributed by atoms with Gasteiger partial charge in [-0.05, 0) is 31.6 Å². The number of nitrogens with zero attached hydrogens (tertiary/aromatic N) is 2. The zero-order valence-corrected chi connectivity index (χ0v) is 9.24. The average molecular weight is 192 g/mol. The smallest absolute Gasteiger partial charge is 0.0312 e. The maximum atomic E-state index is 4.11. The van der Waals surface area contributed by atoms with Crippen LogP contribution in [0, 0.1) is 0 Å². The predicted octanol–water partition coefficient (Wildman–Crippen LogP) is 2.70. The van der Waals surface area contributed by atoms with E-state index in [1.807, 2.05) is 18.5 Å². The van der Waals surface area contributed by atoms with E-state index >= 15 is 0 Å². The van der Waals surface area contributed by atoms with Crippen molar-refractivity contribution in [3.63, 3.8) is 0 Å². The fraction of sp³-hybridized carbons (Fsp3) is 0.583. The van der Waals surface area contributed by atoms with Crippen molar-refractivity contribution in [2.75, 3.05) is 13.6 Å². The number of aromatic nitrogens is 1. The maximum Gasteiger partial charge on any atom is 0.0312 e. The average Bonchev–Trinajstić information content (AvgIpc) is 2.20. The van der Waals surface area contributed by atoms with Crippen molar-refractivity contribution in [3.05, 3.63) is 30.1 Å². The zero-order chi connectivity index (χ0) is 10.2. The third-order valence-electron chi connectivity index (χ3n) is 2.32. The SMILES string of the molecule is CCCCCN(C)Cc1cccnc1. The van der Waals surface area contributed by atoms with Gasteiger partial charge in [0.2, 0.25) is 0 Å². The first-order valence-corrected chi connectivity index (χ1v) is 5.40. The maximum absolute atomic E-state index is 4.11. The Morgan fingerprint density at radius 1 is 1.36 bits per heavy atom. The molecule has 14 heavy (non-hydrogen) atoms. The summed E-state index contributed by atoms with van der Waals surface area (Å²) >= 11 is 0. The Labute approximate surface area is 87.0 Å². The Kier molecular flexibility index (Phi) is 5.23. The molecule has 78 valence electrons. The summed E-state index contributed by atoms with van der Waals surface area (Å²) in [5.41, 5.74) is 1.30. The van der Waals surface area contributed by atoms with E-state index in [4.69, 9.17) is 0 Å². The van der Waals surface area contributed by atoms with Gasteiger partial charge in [-0.2, -0.15) is 0 Å². The van der Waals surface area contributed by atoms with Crippen LogP contribution in [0.15, 0.2) is 24.5 Å². The molecule has 0 saturated heterocycles. The van der Waals surface area contributed by atoms with Crippen molar-refractivity contribution in [2.24, 2.45) is 0 Å². The van der Waals surface area contributed by atoms with Gasteiger partial charge in [0.1, 0.15) is 0 Å². The molecule has 0 atom stereocenters. The second-order valence-corrected chi connectivity index (χ2v) is 3.81. The molecule has 0 radical (unpaired) electrons. The Balaban J connectivity index is 2.23. The molecule has 0 spiro atoms. The standard InChI is InChI=1S/C12H20N2/c1-3-4-5-9-14(2)11-12-7-6-8-13-10-12/h6-8,10H,3-5,9,11H2,1-2H3. The summed E-state index contributed by atoms with van der Waals surface area (Å²) in [6.07, 6.45) is 7.68. The fourth-order valence-electron chi connectivity index (χ4n) is 1.51. The molecule has 0 amide bonds. The van der Waals surface area contributed by atoms with Crippen molar-refractivity contribution >= 4 is 0 Å². The highest BCUT2D eigenvalue weighted by Crippen LogP contribution is 2.02. The van der Waals surface area contributed by atoms with Crippen LogP contribution < -0.4 is 0 Å². The molecule has 0 aliphatic rings. The van der Waals surface area contributed by atoms with E-state index in [-0.39, 0.29) is 0 Å². The summed E-state index contributed by atoms with van der Waals surface area (Å²) in [4.78, 5) is 6.46. The van der Waals surface area contributed by atoms with Gasteiger partial charge < -0.3 is 4.90 Å². The minimum Gasteiger partial charge on any atom is -0.302 e. The number of rotatable bonds is 6. The Hall–Kier alpha value is -0.890. The van der Waals surface area contributed by atoms with E-state index in [0.717, 1.165) is 6.54 Å². The normalized spacial score (nSPS) is 10.8. The van der Waals surface area contributed by atoms with Crippen LogP contribution in [-0.4, -0.2) is 23.5 Å².